The Balaban J connectivity index is 2.10. The van der Waals surface area contributed by atoms with Gasteiger partial charge in [-0.2, -0.15) is 4.99 Å². The molecule has 0 N–H and O–H groups in total. The van der Waals surface area contributed by atoms with Crippen molar-refractivity contribution in [1.82, 2.24) is 4.57 Å². The van der Waals surface area contributed by atoms with Crippen LogP contribution in [0.4, 0.5) is 0 Å². The fourth-order valence-electron chi connectivity index (χ4n) is 2.49. The highest BCUT2D eigenvalue weighted by molar-refractivity contribution is 7.16. The standard InChI is InChI=1S/C21H22N2O2S/c1-14-9-11-15(12-10-14)19(25)22-20-23(13-18(24)21(2,3)4)16-7-5-6-8-17(16)26-20/h5-12H,13H2,1-4H3. The summed E-state index contributed by atoms with van der Waals surface area (Å²) >= 11 is 1.43. The van der Waals surface area contributed by atoms with Gasteiger partial charge >= 0.3 is 0 Å². The number of hydrogen-bond donors (Lipinski definition) is 0. The summed E-state index contributed by atoms with van der Waals surface area (Å²) in [6, 6.07) is 15.2. The summed E-state index contributed by atoms with van der Waals surface area (Å²) in [5.41, 5.74) is 2.11. The number of benzene rings is 2. The molecule has 0 saturated heterocycles. The van der Waals surface area contributed by atoms with Gasteiger partial charge in [0.2, 0.25) is 0 Å². The molecule has 0 spiro atoms. The number of amides is 1. The highest BCUT2D eigenvalue weighted by Gasteiger charge is 2.22. The average molecular weight is 366 g/mol. The van der Waals surface area contributed by atoms with Gasteiger partial charge in [-0.3, -0.25) is 9.59 Å². The Morgan fingerprint density at radius 2 is 1.69 bits per heavy atom. The number of rotatable bonds is 3. The van der Waals surface area contributed by atoms with Crippen molar-refractivity contribution in [3.05, 3.63) is 64.5 Å². The van der Waals surface area contributed by atoms with E-state index in [2.05, 4.69) is 4.99 Å². The lowest BCUT2D eigenvalue weighted by molar-refractivity contribution is -0.126. The summed E-state index contributed by atoms with van der Waals surface area (Å²) in [5.74, 6) is -0.196. The number of fused-ring (bicyclic) bond motifs is 1. The minimum absolute atomic E-state index is 0.102. The van der Waals surface area contributed by atoms with Crippen molar-refractivity contribution in [3.8, 4) is 0 Å². The van der Waals surface area contributed by atoms with Crippen molar-refractivity contribution < 1.29 is 9.59 Å². The van der Waals surface area contributed by atoms with Crippen LogP contribution in [-0.2, 0) is 11.3 Å². The molecule has 0 aliphatic heterocycles. The number of ketones is 1. The Labute approximate surface area is 156 Å². The molecule has 0 aliphatic rings. The number of aromatic nitrogens is 1. The maximum absolute atomic E-state index is 12.6. The highest BCUT2D eigenvalue weighted by atomic mass is 32.1. The third-order valence-electron chi connectivity index (χ3n) is 4.22. The Bertz CT molecular complexity index is 1030. The molecule has 3 aromatic rings. The van der Waals surface area contributed by atoms with Crippen molar-refractivity contribution in [1.29, 1.82) is 0 Å². The maximum Gasteiger partial charge on any atom is 0.279 e. The number of aryl methyl sites for hydroxylation is 1. The first-order valence-electron chi connectivity index (χ1n) is 8.53. The Hall–Kier alpha value is -2.53. The number of para-hydroxylation sites is 1. The molecule has 0 fully saturated rings. The third kappa shape index (κ3) is 3.83. The molecule has 134 valence electrons. The molecule has 0 bridgehead atoms. The van der Waals surface area contributed by atoms with Crippen molar-refractivity contribution in [3.63, 3.8) is 0 Å². The first-order valence-corrected chi connectivity index (χ1v) is 9.35. The first kappa shape index (κ1) is 18.3. The molecule has 4 nitrogen and oxygen atoms in total. The molecule has 0 atom stereocenters. The van der Waals surface area contributed by atoms with Gasteiger partial charge in [0.1, 0.15) is 0 Å². The minimum Gasteiger partial charge on any atom is -0.309 e. The van der Waals surface area contributed by atoms with Gasteiger partial charge in [0.15, 0.2) is 10.6 Å². The molecule has 1 aromatic heterocycles. The number of carbonyl (C=O) groups is 2. The average Bonchev–Trinajstić information content (AvgIpc) is 2.92. The van der Waals surface area contributed by atoms with Crippen LogP contribution in [0.1, 0.15) is 36.7 Å². The van der Waals surface area contributed by atoms with Gasteiger partial charge in [0, 0.05) is 11.0 Å². The number of carbonyl (C=O) groups excluding carboxylic acids is 2. The number of hydrogen-bond acceptors (Lipinski definition) is 3. The van der Waals surface area contributed by atoms with E-state index < -0.39 is 5.41 Å². The number of thiazole rings is 1. The van der Waals surface area contributed by atoms with E-state index in [0.717, 1.165) is 15.8 Å². The molecule has 5 heteroatoms. The van der Waals surface area contributed by atoms with Crippen LogP contribution in [0.15, 0.2) is 53.5 Å². The Morgan fingerprint density at radius 3 is 2.35 bits per heavy atom. The van der Waals surface area contributed by atoms with Crippen molar-refractivity contribution in [2.24, 2.45) is 10.4 Å². The predicted octanol–water partition coefficient (Wildman–Crippen LogP) is 4.37. The van der Waals surface area contributed by atoms with Gasteiger partial charge in [-0.05, 0) is 31.2 Å². The summed E-state index contributed by atoms with van der Waals surface area (Å²) in [6.45, 7) is 7.88. The fourth-order valence-corrected chi connectivity index (χ4v) is 3.52. The predicted molar refractivity (Wildman–Crippen MR) is 105 cm³/mol. The molecule has 26 heavy (non-hydrogen) atoms. The van der Waals surface area contributed by atoms with E-state index in [1.165, 1.54) is 11.3 Å². The molecule has 1 amide bonds. The van der Waals surface area contributed by atoms with E-state index in [4.69, 9.17) is 0 Å². The smallest absolute Gasteiger partial charge is 0.279 e. The van der Waals surface area contributed by atoms with E-state index in [1.54, 1.807) is 12.1 Å². The fraction of sp³-hybridized carbons (Fsp3) is 0.286. The molecule has 2 aromatic carbocycles. The zero-order chi connectivity index (χ0) is 18.9. The molecule has 1 heterocycles. The van der Waals surface area contributed by atoms with Crippen molar-refractivity contribution in [2.45, 2.75) is 34.2 Å². The van der Waals surface area contributed by atoms with E-state index in [0.29, 0.717) is 10.4 Å². The van der Waals surface area contributed by atoms with Crippen LogP contribution < -0.4 is 4.80 Å². The van der Waals surface area contributed by atoms with Crippen LogP contribution in [0.2, 0.25) is 0 Å². The van der Waals surface area contributed by atoms with Crippen LogP contribution in [0, 0.1) is 12.3 Å². The Morgan fingerprint density at radius 1 is 1.04 bits per heavy atom. The maximum atomic E-state index is 12.6. The topological polar surface area (TPSA) is 51.4 Å². The highest BCUT2D eigenvalue weighted by Crippen LogP contribution is 2.20. The summed E-state index contributed by atoms with van der Waals surface area (Å²) in [6.07, 6.45) is 0. The van der Waals surface area contributed by atoms with Gasteiger partial charge in [0.25, 0.3) is 5.91 Å². The lowest BCUT2D eigenvalue weighted by Crippen LogP contribution is -2.29. The second-order valence-electron chi connectivity index (χ2n) is 7.39. The van der Waals surface area contributed by atoms with Gasteiger partial charge in [-0.1, -0.05) is 61.9 Å². The van der Waals surface area contributed by atoms with Gasteiger partial charge in [0.05, 0.1) is 16.8 Å². The van der Waals surface area contributed by atoms with E-state index in [1.807, 2.05) is 68.7 Å². The molecule has 0 radical (unpaired) electrons. The number of Topliss-reactive ketones (excluding diaryl/α,β-unsaturated/α-hetero) is 1. The van der Waals surface area contributed by atoms with E-state index in [9.17, 15) is 9.59 Å². The first-order chi connectivity index (χ1) is 12.3. The van der Waals surface area contributed by atoms with Gasteiger partial charge in [-0.15, -0.1) is 0 Å². The van der Waals surface area contributed by atoms with Crippen LogP contribution in [0.25, 0.3) is 10.2 Å². The van der Waals surface area contributed by atoms with E-state index in [-0.39, 0.29) is 18.2 Å². The molecular formula is C21H22N2O2S. The summed E-state index contributed by atoms with van der Waals surface area (Å²) in [7, 11) is 0. The zero-order valence-electron chi connectivity index (χ0n) is 15.4. The lowest BCUT2D eigenvalue weighted by atomic mass is 9.91. The molecule has 0 aliphatic carbocycles. The normalized spacial score (nSPS) is 12.5. The third-order valence-corrected chi connectivity index (χ3v) is 5.28. The quantitative estimate of drug-likeness (QED) is 0.691. The summed E-state index contributed by atoms with van der Waals surface area (Å²) in [5, 5.41) is 0. The summed E-state index contributed by atoms with van der Waals surface area (Å²) < 4.78 is 2.85. The number of nitrogens with zero attached hydrogens (tertiary/aromatic N) is 2. The SMILES string of the molecule is Cc1ccc(C(=O)N=c2sc3ccccc3n2CC(=O)C(C)(C)C)cc1. The van der Waals surface area contributed by atoms with Crippen LogP contribution in [0.5, 0.6) is 0 Å². The molecule has 3 rings (SSSR count). The monoisotopic (exact) mass is 366 g/mol. The largest absolute Gasteiger partial charge is 0.309 e. The summed E-state index contributed by atoms with van der Waals surface area (Å²) in [4.78, 5) is 30.0. The van der Waals surface area contributed by atoms with Crippen molar-refractivity contribution in [2.75, 3.05) is 0 Å². The molecule has 0 unspecified atom stereocenters. The Kier molecular flexibility index (Phi) is 4.92. The van der Waals surface area contributed by atoms with E-state index >= 15 is 0 Å². The minimum atomic E-state index is -0.450. The second-order valence-corrected chi connectivity index (χ2v) is 8.40. The molecular weight excluding hydrogens is 344 g/mol. The van der Waals surface area contributed by atoms with Gasteiger partial charge in [-0.25, -0.2) is 0 Å². The van der Waals surface area contributed by atoms with Gasteiger partial charge < -0.3 is 4.57 Å². The van der Waals surface area contributed by atoms with Crippen molar-refractivity contribution >= 4 is 33.2 Å². The van der Waals surface area contributed by atoms with Crippen LogP contribution in [0.3, 0.4) is 0 Å². The lowest BCUT2D eigenvalue weighted by Gasteiger charge is -2.17. The molecule has 0 saturated carbocycles. The van der Waals surface area contributed by atoms with Crippen LogP contribution in [-0.4, -0.2) is 16.3 Å². The second kappa shape index (κ2) is 7.00. The zero-order valence-corrected chi connectivity index (χ0v) is 16.3. The van der Waals surface area contributed by atoms with Crippen LogP contribution >= 0.6 is 11.3 Å².